The third-order valence-electron chi connectivity index (χ3n) is 2.60. The Balaban J connectivity index is 2.44. The molecule has 0 radical (unpaired) electrons. The van der Waals surface area contributed by atoms with Crippen LogP contribution in [0, 0.1) is 18.2 Å². The Morgan fingerprint density at radius 2 is 2.00 bits per heavy atom. The summed E-state index contributed by atoms with van der Waals surface area (Å²) >= 11 is 5.86. The van der Waals surface area contributed by atoms with E-state index in [4.69, 9.17) is 27.5 Å². The summed E-state index contributed by atoms with van der Waals surface area (Å²) in [7, 11) is 0. The standard InChI is InChI=1S/C14H12ClFN2O/c1-8-7-9(15)5-6-11(8)19-12-4-2-3-10(16)13(12)14(17)18/h2-7H,1H3,(H3,17,18). The van der Waals surface area contributed by atoms with Crippen LogP contribution in [0.5, 0.6) is 11.5 Å². The molecule has 0 heterocycles. The number of nitrogens with one attached hydrogen (secondary N) is 1. The van der Waals surface area contributed by atoms with Crippen molar-refractivity contribution in [1.29, 1.82) is 5.41 Å². The Hall–Kier alpha value is -2.07. The van der Waals surface area contributed by atoms with Gasteiger partial charge in [-0.2, -0.15) is 0 Å². The average molecular weight is 279 g/mol. The fourth-order valence-corrected chi connectivity index (χ4v) is 1.92. The molecule has 0 saturated carbocycles. The van der Waals surface area contributed by atoms with Crippen molar-refractivity contribution in [3.05, 3.63) is 58.4 Å². The SMILES string of the molecule is Cc1cc(Cl)ccc1Oc1cccc(F)c1C(=N)N. The van der Waals surface area contributed by atoms with Crippen LogP contribution >= 0.6 is 11.6 Å². The topological polar surface area (TPSA) is 59.1 Å². The molecule has 0 fully saturated rings. The molecule has 0 atom stereocenters. The van der Waals surface area contributed by atoms with Crippen molar-refractivity contribution in [2.45, 2.75) is 6.92 Å². The quantitative estimate of drug-likeness (QED) is 0.661. The van der Waals surface area contributed by atoms with Gasteiger partial charge in [0.25, 0.3) is 0 Å². The fourth-order valence-electron chi connectivity index (χ4n) is 1.70. The van der Waals surface area contributed by atoms with Crippen LogP contribution in [-0.2, 0) is 0 Å². The van der Waals surface area contributed by atoms with Crippen molar-refractivity contribution < 1.29 is 9.13 Å². The highest BCUT2D eigenvalue weighted by atomic mass is 35.5. The normalized spacial score (nSPS) is 10.3. The van der Waals surface area contributed by atoms with E-state index in [1.807, 2.05) is 6.92 Å². The van der Waals surface area contributed by atoms with Crippen LogP contribution in [0.1, 0.15) is 11.1 Å². The van der Waals surface area contributed by atoms with Gasteiger partial charge >= 0.3 is 0 Å². The number of nitrogens with two attached hydrogens (primary N) is 1. The highest BCUT2D eigenvalue weighted by Crippen LogP contribution is 2.30. The molecular formula is C14H12ClFN2O. The Morgan fingerprint density at radius 1 is 1.26 bits per heavy atom. The lowest BCUT2D eigenvalue weighted by Crippen LogP contribution is -2.14. The number of benzene rings is 2. The van der Waals surface area contributed by atoms with Gasteiger partial charge in [0.2, 0.25) is 0 Å². The summed E-state index contributed by atoms with van der Waals surface area (Å²) in [5.41, 5.74) is 6.14. The molecule has 0 bridgehead atoms. The van der Waals surface area contributed by atoms with Crippen LogP contribution < -0.4 is 10.5 Å². The molecule has 2 aromatic carbocycles. The van der Waals surface area contributed by atoms with E-state index in [0.29, 0.717) is 10.8 Å². The zero-order chi connectivity index (χ0) is 14.0. The Bertz CT molecular complexity index is 643. The van der Waals surface area contributed by atoms with E-state index >= 15 is 0 Å². The molecule has 0 aromatic heterocycles. The first-order valence-electron chi connectivity index (χ1n) is 5.56. The molecular weight excluding hydrogens is 267 g/mol. The van der Waals surface area contributed by atoms with Crippen LogP contribution in [0.2, 0.25) is 5.02 Å². The second kappa shape index (κ2) is 5.28. The molecule has 0 unspecified atom stereocenters. The van der Waals surface area contributed by atoms with Gasteiger partial charge in [0.1, 0.15) is 23.2 Å². The summed E-state index contributed by atoms with van der Waals surface area (Å²) in [4.78, 5) is 0. The number of hydrogen-bond donors (Lipinski definition) is 2. The molecule has 3 nitrogen and oxygen atoms in total. The minimum absolute atomic E-state index is 0.0446. The first kappa shape index (κ1) is 13.4. The number of nitrogen functional groups attached to an aromatic ring is 1. The average Bonchev–Trinajstić information content (AvgIpc) is 2.32. The number of aryl methyl sites for hydroxylation is 1. The Morgan fingerprint density at radius 3 is 2.63 bits per heavy atom. The van der Waals surface area contributed by atoms with Gasteiger partial charge in [-0.3, -0.25) is 5.41 Å². The summed E-state index contributed by atoms with van der Waals surface area (Å²) < 4.78 is 19.3. The zero-order valence-corrected chi connectivity index (χ0v) is 11.0. The van der Waals surface area contributed by atoms with E-state index in [-0.39, 0.29) is 17.1 Å². The van der Waals surface area contributed by atoms with Crippen molar-refractivity contribution in [2.24, 2.45) is 5.73 Å². The first-order valence-corrected chi connectivity index (χ1v) is 5.93. The van der Waals surface area contributed by atoms with Gasteiger partial charge in [0, 0.05) is 5.02 Å². The van der Waals surface area contributed by atoms with E-state index in [1.165, 1.54) is 12.1 Å². The maximum Gasteiger partial charge on any atom is 0.141 e. The van der Waals surface area contributed by atoms with E-state index < -0.39 is 5.82 Å². The lowest BCUT2D eigenvalue weighted by atomic mass is 10.1. The molecule has 2 rings (SSSR count). The van der Waals surface area contributed by atoms with Gasteiger partial charge < -0.3 is 10.5 Å². The van der Waals surface area contributed by atoms with Crippen LogP contribution in [0.15, 0.2) is 36.4 Å². The molecule has 5 heteroatoms. The number of ether oxygens (including phenoxy) is 1. The number of hydrogen-bond acceptors (Lipinski definition) is 2. The third kappa shape index (κ3) is 2.85. The predicted molar refractivity (Wildman–Crippen MR) is 73.7 cm³/mol. The number of rotatable bonds is 3. The zero-order valence-electron chi connectivity index (χ0n) is 10.2. The fraction of sp³-hybridized carbons (Fsp3) is 0.0714. The minimum atomic E-state index is -0.586. The maximum atomic E-state index is 13.6. The van der Waals surface area contributed by atoms with Crippen LogP contribution in [0.3, 0.4) is 0 Å². The molecule has 0 aliphatic heterocycles. The van der Waals surface area contributed by atoms with Crippen LogP contribution in [0.25, 0.3) is 0 Å². The summed E-state index contributed by atoms with van der Waals surface area (Å²) in [6.45, 7) is 1.83. The van der Waals surface area contributed by atoms with E-state index in [1.54, 1.807) is 24.3 Å². The van der Waals surface area contributed by atoms with Crippen molar-refractivity contribution in [3.8, 4) is 11.5 Å². The van der Waals surface area contributed by atoms with Crippen LogP contribution in [0.4, 0.5) is 4.39 Å². The van der Waals surface area contributed by atoms with Gasteiger partial charge in [0.15, 0.2) is 0 Å². The molecule has 0 saturated heterocycles. The molecule has 19 heavy (non-hydrogen) atoms. The lowest BCUT2D eigenvalue weighted by Gasteiger charge is -2.12. The van der Waals surface area contributed by atoms with Crippen molar-refractivity contribution >= 4 is 17.4 Å². The van der Waals surface area contributed by atoms with Crippen molar-refractivity contribution in [3.63, 3.8) is 0 Å². The van der Waals surface area contributed by atoms with Gasteiger partial charge in [-0.25, -0.2) is 4.39 Å². The van der Waals surface area contributed by atoms with E-state index in [2.05, 4.69) is 0 Å². The monoisotopic (exact) mass is 278 g/mol. The molecule has 0 aliphatic rings. The third-order valence-corrected chi connectivity index (χ3v) is 2.84. The first-order chi connectivity index (χ1) is 8.99. The second-order valence-electron chi connectivity index (χ2n) is 4.04. The maximum absolute atomic E-state index is 13.6. The van der Waals surface area contributed by atoms with E-state index in [0.717, 1.165) is 5.56 Å². The lowest BCUT2D eigenvalue weighted by molar-refractivity contribution is 0.471. The summed E-state index contributed by atoms with van der Waals surface area (Å²) in [6.07, 6.45) is 0. The minimum Gasteiger partial charge on any atom is -0.456 e. The van der Waals surface area contributed by atoms with Gasteiger partial charge in [-0.1, -0.05) is 17.7 Å². The second-order valence-corrected chi connectivity index (χ2v) is 4.47. The summed E-state index contributed by atoms with van der Waals surface area (Å²) in [5.74, 6) is -0.216. The predicted octanol–water partition coefficient (Wildman–Crippen LogP) is 3.86. The smallest absolute Gasteiger partial charge is 0.141 e. The number of amidine groups is 1. The number of halogens is 2. The van der Waals surface area contributed by atoms with E-state index in [9.17, 15) is 4.39 Å². The Kier molecular flexibility index (Phi) is 3.71. The highest BCUT2D eigenvalue weighted by molar-refractivity contribution is 6.30. The van der Waals surface area contributed by atoms with Crippen molar-refractivity contribution in [1.82, 2.24) is 0 Å². The molecule has 2 aromatic rings. The molecule has 0 aliphatic carbocycles. The molecule has 98 valence electrons. The van der Waals surface area contributed by atoms with Gasteiger partial charge in [-0.05, 0) is 42.8 Å². The molecule has 3 N–H and O–H groups in total. The molecule has 0 amide bonds. The van der Waals surface area contributed by atoms with Crippen molar-refractivity contribution in [2.75, 3.05) is 0 Å². The highest BCUT2D eigenvalue weighted by Gasteiger charge is 2.14. The summed E-state index contributed by atoms with van der Waals surface area (Å²) in [5, 5.41) is 8.00. The Labute approximate surface area is 115 Å². The summed E-state index contributed by atoms with van der Waals surface area (Å²) in [6, 6.07) is 9.40. The molecule has 0 spiro atoms. The van der Waals surface area contributed by atoms with Gasteiger partial charge in [-0.15, -0.1) is 0 Å². The van der Waals surface area contributed by atoms with Crippen LogP contribution in [-0.4, -0.2) is 5.84 Å². The van der Waals surface area contributed by atoms with Gasteiger partial charge in [0.05, 0.1) is 5.56 Å². The largest absolute Gasteiger partial charge is 0.456 e.